The van der Waals surface area contributed by atoms with Crippen LogP contribution in [0.4, 0.5) is 0 Å². The third kappa shape index (κ3) is 3.24. The molecule has 0 aromatic heterocycles. The summed E-state index contributed by atoms with van der Waals surface area (Å²) in [5, 5.41) is -0.397. The third-order valence-electron chi connectivity index (χ3n) is 2.35. The smallest absolute Gasteiger partial charge is 0.252 e. The summed E-state index contributed by atoms with van der Waals surface area (Å²) in [6, 6.07) is 3.71. The molecule has 0 radical (unpaired) electrons. The Labute approximate surface area is 105 Å². The lowest BCUT2D eigenvalue weighted by Crippen LogP contribution is -1.99. The van der Waals surface area contributed by atoms with E-state index in [9.17, 15) is 4.79 Å². The van der Waals surface area contributed by atoms with E-state index in [1.807, 2.05) is 19.9 Å². The standard InChI is InChI=1S/C12H15ClO2S/c1-8-4-5-10(12(13)14)9(2)11(8)16-7-6-15-3/h4-5H,6-7H2,1-3H3. The Bertz CT molecular complexity index is 391. The predicted octanol–water partition coefficient (Wildman–Crippen LogP) is 3.42. The van der Waals surface area contributed by atoms with Gasteiger partial charge in [-0.05, 0) is 42.6 Å². The fourth-order valence-corrected chi connectivity index (χ4v) is 2.77. The lowest BCUT2D eigenvalue weighted by atomic mass is 10.1. The van der Waals surface area contributed by atoms with E-state index in [4.69, 9.17) is 16.3 Å². The van der Waals surface area contributed by atoms with Gasteiger partial charge in [-0.25, -0.2) is 0 Å². The van der Waals surface area contributed by atoms with Crippen LogP contribution in [0.15, 0.2) is 17.0 Å². The number of benzene rings is 1. The number of carbonyl (C=O) groups excluding carboxylic acids is 1. The molecule has 0 aliphatic rings. The zero-order valence-electron chi connectivity index (χ0n) is 9.67. The second-order valence-electron chi connectivity index (χ2n) is 3.50. The van der Waals surface area contributed by atoms with E-state index in [-0.39, 0.29) is 0 Å². The van der Waals surface area contributed by atoms with Crippen LogP contribution in [-0.2, 0) is 4.74 Å². The highest BCUT2D eigenvalue weighted by molar-refractivity contribution is 7.99. The van der Waals surface area contributed by atoms with Gasteiger partial charge in [-0.2, -0.15) is 0 Å². The van der Waals surface area contributed by atoms with E-state index in [0.29, 0.717) is 12.2 Å². The number of hydrogen-bond acceptors (Lipinski definition) is 3. The van der Waals surface area contributed by atoms with Crippen molar-refractivity contribution in [2.24, 2.45) is 0 Å². The molecule has 0 unspecified atom stereocenters. The van der Waals surface area contributed by atoms with Crippen molar-refractivity contribution in [2.75, 3.05) is 19.5 Å². The van der Waals surface area contributed by atoms with Gasteiger partial charge in [0.25, 0.3) is 5.24 Å². The first-order chi connectivity index (χ1) is 7.57. The maximum Gasteiger partial charge on any atom is 0.252 e. The van der Waals surface area contributed by atoms with Gasteiger partial charge in [0.05, 0.1) is 6.61 Å². The highest BCUT2D eigenvalue weighted by Crippen LogP contribution is 2.29. The van der Waals surface area contributed by atoms with Crippen LogP contribution < -0.4 is 0 Å². The van der Waals surface area contributed by atoms with Gasteiger partial charge in [0.1, 0.15) is 0 Å². The molecule has 1 aromatic carbocycles. The second kappa shape index (κ2) is 6.28. The Morgan fingerprint density at radius 1 is 1.44 bits per heavy atom. The molecule has 0 fully saturated rings. The molecule has 0 saturated carbocycles. The van der Waals surface area contributed by atoms with Crippen LogP contribution >= 0.6 is 23.4 Å². The topological polar surface area (TPSA) is 26.3 Å². The molecule has 0 spiro atoms. The Kier molecular flexibility index (Phi) is 5.32. The summed E-state index contributed by atoms with van der Waals surface area (Å²) < 4.78 is 5.01. The SMILES string of the molecule is COCCSc1c(C)ccc(C(=O)Cl)c1C. The average Bonchev–Trinajstić information content (AvgIpc) is 2.22. The van der Waals surface area contributed by atoms with Crippen LogP contribution in [0, 0.1) is 13.8 Å². The highest BCUT2D eigenvalue weighted by Gasteiger charge is 2.11. The van der Waals surface area contributed by atoms with Gasteiger partial charge in [0, 0.05) is 23.3 Å². The van der Waals surface area contributed by atoms with Crippen LogP contribution in [0.2, 0.25) is 0 Å². The fourth-order valence-electron chi connectivity index (χ4n) is 1.49. The molecule has 0 aliphatic carbocycles. The minimum absolute atomic E-state index is 0.397. The normalized spacial score (nSPS) is 10.5. The predicted molar refractivity (Wildman–Crippen MR) is 68.7 cm³/mol. The molecular formula is C12H15ClO2S. The van der Waals surface area contributed by atoms with Gasteiger partial charge in [0.15, 0.2) is 0 Å². The number of carbonyl (C=O) groups is 1. The Morgan fingerprint density at radius 2 is 2.12 bits per heavy atom. The molecule has 2 nitrogen and oxygen atoms in total. The zero-order chi connectivity index (χ0) is 12.1. The third-order valence-corrected chi connectivity index (χ3v) is 3.84. The molecule has 1 aromatic rings. The molecule has 0 saturated heterocycles. The van der Waals surface area contributed by atoms with Crippen LogP contribution in [0.3, 0.4) is 0 Å². The summed E-state index contributed by atoms with van der Waals surface area (Å²) in [4.78, 5) is 12.3. The van der Waals surface area contributed by atoms with E-state index >= 15 is 0 Å². The van der Waals surface area contributed by atoms with E-state index in [1.54, 1.807) is 24.9 Å². The maximum absolute atomic E-state index is 11.2. The fraction of sp³-hybridized carbons (Fsp3) is 0.417. The molecule has 0 heterocycles. The quantitative estimate of drug-likeness (QED) is 0.460. The molecule has 0 aliphatic heterocycles. The van der Waals surface area contributed by atoms with E-state index in [2.05, 4.69) is 0 Å². The number of methoxy groups -OCH3 is 1. The first kappa shape index (κ1) is 13.6. The van der Waals surface area contributed by atoms with Gasteiger partial charge < -0.3 is 4.74 Å². The van der Waals surface area contributed by atoms with Crippen molar-refractivity contribution in [3.63, 3.8) is 0 Å². The van der Waals surface area contributed by atoms with Crippen LogP contribution in [-0.4, -0.2) is 24.7 Å². The summed E-state index contributed by atoms with van der Waals surface area (Å²) in [5.41, 5.74) is 2.72. The minimum Gasteiger partial charge on any atom is -0.384 e. The first-order valence-corrected chi connectivity index (χ1v) is 6.36. The second-order valence-corrected chi connectivity index (χ2v) is 4.95. The minimum atomic E-state index is -0.397. The van der Waals surface area contributed by atoms with Gasteiger partial charge in [-0.3, -0.25) is 4.79 Å². The summed E-state index contributed by atoms with van der Waals surface area (Å²) in [6.07, 6.45) is 0. The van der Waals surface area contributed by atoms with Gasteiger partial charge in [-0.15, -0.1) is 11.8 Å². The van der Waals surface area contributed by atoms with Crippen molar-refractivity contribution < 1.29 is 9.53 Å². The number of ether oxygens (including phenoxy) is 1. The average molecular weight is 259 g/mol. The summed E-state index contributed by atoms with van der Waals surface area (Å²) in [6.45, 7) is 4.66. The summed E-state index contributed by atoms with van der Waals surface area (Å²) >= 11 is 7.22. The molecule has 0 N–H and O–H groups in total. The van der Waals surface area contributed by atoms with Crippen molar-refractivity contribution >= 4 is 28.6 Å². The number of rotatable bonds is 5. The van der Waals surface area contributed by atoms with Gasteiger partial charge in [0.2, 0.25) is 0 Å². The lowest BCUT2D eigenvalue weighted by molar-refractivity contribution is 0.108. The number of aryl methyl sites for hydroxylation is 1. The van der Waals surface area contributed by atoms with Gasteiger partial charge in [-0.1, -0.05) is 6.07 Å². The molecule has 1 rings (SSSR count). The Morgan fingerprint density at radius 3 is 2.69 bits per heavy atom. The number of thioether (sulfide) groups is 1. The van der Waals surface area contributed by atoms with E-state index < -0.39 is 5.24 Å². The van der Waals surface area contributed by atoms with Crippen molar-refractivity contribution in [1.29, 1.82) is 0 Å². The van der Waals surface area contributed by atoms with E-state index in [0.717, 1.165) is 16.2 Å². The van der Waals surface area contributed by atoms with Gasteiger partial charge >= 0.3 is 0 Å². The zero-order valence-corrected chi connectivity index (χ0v) is 11.2. The number of hydrogen-bond donors (Lipinski definition) is 0. The summed E-state index contributed by atoms with van der Waals surface area (Å²) in [7, 11) is 1.68. The molecule has 4 heteroatoms. The van der Waals surface area contributed by atoms with Crippen molar-refractivity contribution in [3.8, 4) is 0 Å². The van der Waals surface area contributed by atoms with Crippen LogP contribution in [0.25, 0.3) is 0 Å². The molecule has 0 atom stereocenters. The highest BCUT2D eigenvalue weighted by atomic mass is 35.5. The monoisotopic (exact) mass is 258 g/mol. The Balaban J connectivity index is 2.97. The molecular weight excluding hydrogens is 244 g/mol. The first-order valence-electron chi connectivity index (χ1n) is 4.99. The molecule has 88 valence electrons. The van der Waals surface area contributed by atoms with Crippen molar-refractivity contribution in [2.45, 2.75) is 18.7 Å². The van der Waals surface area contributed by atoms with Crippen LogP contribution in [0.1, 0.15) is 21.5 Å². The maximum atomic E-state index is 11.2. The summed E-state index contributed by atoms with van der Waals surface area (Å²) in [5.74, 6) is 0.873. The Hall–Kier alpha value is -0.510. The lowest BCUT2D eigenvalue weighted by Gasteiger charge is -2.11. The molecule has 0 amide bonds. The largest absolute Gasteiger partial charge is 0.384 e. The van der Waals surface area contributed by atoms with E-state index in [1.165, 1.54) is 5.56 Å². The van der Waals surface area contributed by atoms with Crippen LogP contribution in [0.5, 0.6) is 0 Å². The van der Waals surface area contributed by atoms with Crippen molar-refractivity contribution in [3.05, 3.63) is 28.8 Å². The van der Waals surface area contributed by atoms with Crippen molar-refractivity contribution in [1.82, 2.24) is 0 Å². The molecule has 0 bridgehead atoms. The number of halogens is 1. The molecule has 16 heavy (non-hydrogen) atoms.